The standard InChI is InChI=1S/C20H28N4S.HI/c1-3-17-13-22-18(25-17)14-23-19(21-4-2)24-15-20(10-11-20)12-16-8-6-5-7-9-16;/h5-9,13H,3-4,10-12,14-15H2,1-2H3,(H2,21,23,24);1H. The monoisotopic (exact) mass is 484 g/mol. The van der Waals surface area contributed by atoms with Crippen molar-refractivity contribution < 1.29 is 0 Å². The molecule has 1 aromatic carbocycles. The molecule has 6 heteroatoms. The highest BCUT2D eigenvalue weighted by Gasteiger charge is 2.42. The van der Waals surface area contributed by atoms with Gasteiger partial charge in [-0.3, -0.25) is 0 Å². The third-order valence-corrected chi connectivity index (χ3v) is 5.80. The molecule has 0 unspecified atom stereocenters. The zero-order valence-corrected chi connectivity index (χ0v) is 18.8. The van der Waals surface area contributed by atoms with Crippen LogP contribution in [0.15, 0.2) is 41.5 Å². The molecule has 3 rings (SSSR count). The fourth-order valence-corrected chi connectivity index (χ4v) is 3.75. The maximum Gasteiger partial charge on any atom is 0.191 e. The Balaban J connectivity index is 0.00000243. The van der Waals surface area contributed by atoms with Crippen molar-refractivity contribution in [2.45, 2.75) is 46.1 Å². The maximum atomic E-state index is 4.71. The third-order valence-electron chi connectivity index (χ3n) is 4.68. The Morgan fingerprint density at radius 1 is 1.19 bits per heavy atom. The van der Waals surface area contributed by atoms with Crippen LogP contribution in [0.2, 0.25) is 0 Å². The predicted molar refractivity (Wildman–Crippen MR) is 122 cm³/mol. The molecule has 1 heterocycles. The van der Waals surface area contributed by atoms with Crippen LogP contribution < -0.4 is 10.6 Å². The Bertz CT molecular complexity index is 695. The Morgan fingerprint density at radius 2 is 1.96 bits per heavy atom. The number of hydrogen-bond donors (Lipinski definition) is 2. The van der Waals surface area contributed by atoms with Crippen LogP contribution in [0, 0.1) is 5.41 Å². The smallest absolute Gasteiger partial charge is 0.191 e. The molecule has 1 aliphatic rings. The highest BCUT2D eigenvalue weighted by atomic mass is 127. The minimum Gasteiger partial charge on any atom is -0.357 e. The molecule has 1 fully saturated rings. The maximum absolute atomic E-state index is 4.71. The number of aliphatic imine (C=N–C) groups is 1. The second kappa shape index (κ2) is 10.3. The minimum absolute atomic E-state index is 0. The van der Waals surface area contributed by atoms with E-state index in [4.69, 9.17) is 4.99 Å². The lowest BCUT2D eigenvalue weighted by atomic mass is 9.96. The summed E-state index contributed by atoms with van der Waals surface area (Å²) in [6.45, 7) is 6.76. The second-order valence-electron chi connectivity index (χ2n) is 6.78. The molecular formula is C20H29IN4S. The lowest BCUT2D eigenvalue weighted by Gasteiger charge is -2.18. The van der Waals surface area contributed by atoms with Crippen molar-refractivity contribution in [2.75, 3.05) is 13.1 Å². The van der Waals surface area contributed by atoms with E-state index >= 15 is 0 Å². The molecule has 4 nitrogen and oxygen atoms in total. The number of nitrogens with zero attached hydrogens (tertiary/aromatic N) is 2. The van der Waals surface area contributed by atoms with Crippen LogP contribution in [0.5, 0.6) is 0 Å². The van der Waals surface area contributed by atoms with Gasteiger partial charge in [0.15, 0.2) is 5.96 Å². The summed E-state index contributed by atoms with van der Waals surface area (Å²) in [6.07, 6.45) is 6.74. The molecule has 2 N–H and O–H groups in total. The zero-order valence-electron chi connectivity index (χ0n) is 15.6. The van der Waals surface area contributed by atoms with Crippen molar-refractivity contribution in [3.8, 4) is 0 Å². The summed E-state index contributed by atoms with van der Waals surface area (Å²) in [4.78, 5) is 10.5. The molecule has 0 bridgehead atoms. The number of thiazole rings is 1. The van der Waals surface area contributed by atoms with E-state index in [2.05, 4.69) is 59.8 Å². The van der Waals surface area contributed by atoms with Crippen LogP contribution >= 0.6 is 35.3 Å². The predicted octanol–water partition coefficient (Wildman–Crippen LogP) is 4.40. The fourth-order valence-electron chi connectivity index (χ4n) is 2.97. The second-order valence-corrected chi connectivity index (χ2v) is 7.98. The van der Waals surface area contributed by atoms with Crippen LogP contribution in [0.3, 0.4) is 0 Å². The van der Waals surface area contributed by atoms with Gasteiger partial charge in [-0.25, -0.2) is 9.98 Å². The molecule has 0 aliphatic heterocycles. The van der Waals surface area contributed by atoms with Crippen LogP contribution in [0.1, 0.15) is 42.1 Å². The van der Waals surface area contributed by atoms with Gasteiger partial charge in [-0.05, 0) is 43.6 Å². The van der Waals surface area contributed by atoms with Gasteiger partial charge in [-0.15, -0.1) is 35.3 Å². The number of aromatic nitrogens is 1. The number of nitrogens with one attached hydrogen (secondary N) is 2. The number of halogens is 1. The highest BCUT2D eigenvalue weighted by molar-refractivity contribution is 14.0. The molecule has 142 valence electrons. The molecule has 0 spiro atoms. The number of rotatable bonds is 8. The van der Waals surface area contributed by atoms with E-state index in [1.807, 2.05) is 6.20 Å². The normalized spacial score (nSPS) is 15.2. The van der Waals surface area contributed by atoms with Crippen LogP contribution in [0.25, 0.3) is 0 Å². The molecule has 1 aromatic heterocycles. The molecule has 0 radical (unpaired) electrons. The van der Waals surface area contributed by atoms with Crippen molar-refractivity contribution in [2.24, 2.45) is 10.4 Å². The number of guanidine groups is 1. The SMILES string of the molecule is CCNC(=NCc1ncc(CC)s1)NCC1(Cc2ccccc2)CC1.I. The third kappa shape index (κ3) is 6.23. The Kier molecular flexibility index (Phi) is 8.34. The number of benzene rings is 1. The van der Waals surface area contributed by atoms with Crippen LogP contribution in [0.4, 0.5) is 0 Å². The first-order chi connectivity index (χ1) is 12.2. The van der Waals surface area contributed by atoms with Gasteiger partial charge in [0.05, 0.1) is 6.54 Å². The summed E-state index contributed by atoms with van der Waals surface area (Å²) in [5.41, 5.74) is 1.83. The number of aryl methyl sites for hydroxylation is 1. The zero-order chi connectivity index (χ0) is 17.5. The van der Waals surface area contributed by atoms with E-state index in [0.29, 0.717) is 12.0 Å². The molecule has 0 saturated heterocycles. The summed E-state index contributed by atoms with van der Waals surface area (Å²) in [5, 5.41) is 7.99. The topological polar surface area (TPSA) is 49.3 Å². The summed E-state index contributed by atoms with van der Waals surface area (Å²) < 4.78 is 0. The summed E-state index contributed by atoms with van der Waals surface area (Å²) in [5.74, 6) is 0.898. The summed E-state index contributed by atoms with van der Waals surface area (Å²) >= 11 is 1.76. The lowest BCUT2D eigenvalue weighted by Crippen LogP contribution is -2.40. The van der Waals surface area contributed by atoms with E-state index in [1.54, 1.807) is 11.3 Å². The number of hydrogen-bond acceptors (Lipinski definition) is 3. The van der Waals surface area contributed by atoms with Gasteiger partial charge < -0.3 is 10.6 Å². The van der Waals surface area contributed by atoms with Gasteiger partial charge in [-0.2, -0.15) is 0 Å². The van der Waals surface area contributed by atoms with Crippen molar-refractivity contribution in [3.63, 3.8) is 0 Å². The summed E-state index contributed by atoms with van der Waals surface area (Å²) in [7, 11) is 0. The van der Waals surface area contributed by atoms with Crippen LogP contribution in [-0.2, 0) is 19.4 Å². The van der Waals surface area contributed by atoms with Gasteiger partial charge >= 0.3 is 0 Å². The van der Waals surface area contributed by atoms with E-state index in [1.165, 1.54) is 23.3 Å². The lowest BCUT2D eigenvalue weighted by molar-refractivity contribution is 0.492. The minimum atomic E-state index is 0. The first kappa shape index (κ1) is 21.2. The molecule has 0 amide bonds. The molecule has 2 aromatic rings. The van der Waals surface area contributed by atoms with Gasteiger partial charge in [0.1, 0.15) is 5.01 Å². The Labute approximate surface area is 177 Å². The average Bonchev–Trinajstić information content (AvgIpc) is 3.24. The van der Waals surface area contributed by atoms with E-state index < -0.39 is 0 Å². The first-order valence-electron chi connectivity index (χ1n) is 9.23. The molecule has 26 heavy (non-hydrogen) atoms. The Morgan fingerprint density at radius 3 is 2.58 bits per heavy atom. The summed E-state index contributed by atoms with van der Waals surface area (Å²) in [6, 6.07) is 10.8. The van der Waals surface area contributed by atoms with Crippen molar-refractivity contribution in [3.05, 3.63) is 52.0 Å². The largest absolute Gasteiger partial charge is 0.357 e. The van der Waals surface area contributed by atoms with Gasteiger partial charge in [0.25, 0.3) is 0 Å². The van der Waals surface area contributed by atoms with Gasteiger partial charge in [0, 0.05) is 24.2 Å². The first-order valence-corrected chi connectivity index (χ1v) is 10.0. The molecule has 0 atom stereocenters. The molecule has 1 saturated carbocycles. The van der Waals surface area contributed by atoms with Gasteiger partial charge in [-0.1, -0.05) is 37.3 Å². The van der Waals surface area contributed by atoms with E-state index in [-0.39, 0.29) is 24.0 Å². The van der Waals surface area contributed by atoms with Crippen LogP contribution in [-0.4, -0.2) is 24.0 Å². The molecule has 1 aliphatic carbocycles. The van der Waals surface area contributed by atoms with Crippen molar-refractivity contribution in [1.29, 1.82) is 0 Å². The highest BCUT2D eigenvalue weighted by Crippen LogP contribution is 2.47. The molecular weight excluding hydrogens is 455 g/mol. The average molecular weight is 484 g/mol. The van der Waals surface area contributed by atoms with Crippen molar-refractivity contribution >= 4 is 41.3 Å². The fraction of sp³-hybridized carbons (Fsp3) is 0.500. The van der Waals surface area contributed by atoms with Crippen molar-refractivity contribution in [1.82, 2.24) is 15.6 Å². The van der Waals surface area contributed by atoms with E-state index in [9.17, 15) is 0 Å². The van der Waals surface area contributed by atoms with E-state index in [0.717, 1.165) is 36.9 Å². The Hall–Kier alpha value is -1.15. The quantitative estimate of drug-likeness (QED) is 0.332. The van der Waals surface area contributed by atoms with Gasteiger partial charge in [0.2, 0.25) is 0 Å².